The number of nitrogens with one attached hydrogen (secondary N) is 1. The normalized spacial score (nSPS) is 19.8. The van der Waals surface area contributed by atoms with Gasteiger partial charge in [0.2, 0.25) is 5.91 Å². The molecule has 1 aromatic carbocycles. The number of anilines is 1. The highest BCUT2D eigenvalue weighted by molar-refractivity contribution is 5.90. The Labute approximate surface area is 128 Å². The number of amides is 1. The van der Waals surface area contributed by atoms with Gasteiger partial charge in [-0.1, -0.05) is 19.1 Å². The minimum Gasteiger partial charge on any atom is -0.356 e. The summed E-state index contributed by atoms with van der Waals surface area (Å²) in [6.07, 6.45) is 1.06. The van der Waals surface area contributed by atoms with Crippen LogP contribution in [0.2, 0.25) is 0 Å². The van der Waals surface area contributed by atoms with E-state index in [9.17, 15) is 4.79 Å². The van der Waals surface area contributed by atoms with E-state index >= 15 is 0 Å². The summed E-state index contributed by atoms with van der Waals surface area (Å²) >= 11 is 0. The van der Waals surface area contributed by atoms with Crippen molar-refractivity contribution in [3.8, 4) is 0 Å². The summed E-state index contributed by atoms with van der Waals surface area (Å²) in [6.45, 7) is 7.83. The molecule has 1 aliphatic heterocycles. The standard InChI is InChI=1S/C17H27N3O/c1-6-15(18-4)13-7-9-14(10-8-13)20-12-11-19(5)16(21)17(20,2)3/h7-10,15,18H,6,11-12H2,1-5H3. The summed E-state index contributed by atoms with van der Waals surface area (Å²) in [5.74, 6) is 0.180. The highest BCUT2D eigenvalue weighted by Gasteiger charge is 2.40. The molecule has 0 aliphatic carbocycles. The van der Waals surface area contributed by atoms with E-state index in [1.807, 2.05) is 32.8 Å². The van der Waals surface area contributed by atoms with E-state index in [-0.39, 0.29) is 5.91 Å². The Morgan fingerprint density at radius 3 is 2.38 bits per heavy atom. The Bertz CT molecular complexity index is 491. The molecule has 1 amide bonds. The highest BCUT2D eigenvalue weighted by Crippen LogP contribution is 2.29. The molecule has 1 fully saturated rings. The molecule has 4 heteroatoms. The van der Waals surface area contributed by atoms with Gasteiger partial charge in [0, 0.05) is 31.9 Å². The predicted molar refractivity (Wildman–Crippen MR) is 87.6 cm³/mol. The van der Waals surface area contributed by atoms with E-state index < -0.39 is 5.54 Å². The summed E-state index contributed by atoms with van der Waals surface area (Å²) in [5, 5.41) is 3.32. The number of piperazine rings is 1. The summed E-state index contributed by atoms with van der Waals surface area (Å²) in [6, 6.07) is 8.99. The fourth-order valence-corrected chi connectivity index (χ4v) is 3.16. The fourth-order valence-electron chi connectivity index (χ4n) is 3.16. The second-order valence-corrected chi connectivity index (χ2v) is 6.28. The minimum absolute atomic E-state index is 0.180. The van der Waals surface area contributed by atoms with Crippen molar-refractivity contribution in [2.45, 2.75) is 38.8 Å². The molecule has 0 aromatic heterocycles. The van der Waals surface area contributed by atoms with Gasteiger partial charge >= 0.3 is 0 Å². The van der Waals surface area contributed by atoms with E-state index in [0.29, 0.717) is 6.04 Å². The molecule has 1 saturated heterocycles. The average molecular weight is 289 g/mol. The molecule has 1 heterocycles. The second-order valence-electron chi connectivity index (χ2n) is 6.28. The largest absolute Gasteiger partial charge is 0.356 e. The van der Waals surface area contributed by atoms with Gasteiger partial charge in [0.1, 0.15) is 5.54 Å². The van der Waals surface area contributed by atoms with E-state index in [1.54, 1.807) is 0 Å². The Morgan fingerprint density at radius 1 is 1.24 bits per heavy atom. The molecule has 0 radical (unpaired) electrons. The lowest BCUT2D eigenvalue weighted by Gasteiger charge is -2.46. The molecular formula is C17H27N3O. The average Bonchev–Trinajstić information content (AvgIpc) is 2.47. The van der Waals surface area contributed by atoms with Crippen LogP contribution in [-0.2, 0) is 4.79 Å². The van der Waals surface area contributed by atoms with E-state index in [4.69, 9.17) is 0 Å². The molecule has 1 unspecified atom stereocenters. The lowest BCUT2D eigenvalue weighted by molar-refractivity contribution is -0.136. The molecule has 1 aliphatic rings. The van der Waals surface area contributed by atoms with Crippen molar-refractivity contribution < 1.29 is 4.79 Å². The molecule has 1 atom stereocenters. The third-order valence-electron chi connectivity index (χ3n) is 4.57. The van der Waals surface area contributed by atoms with Crippen molar-refractivity contribution in [1.29, 1.82) is 0 Å². The number of carbonyl (C=O) groups excluding carboxylic acids is 1. The van der Waals surface area contributed by atoms with Gasteiger partial charge in [0.25, 0.3) is 0 Å². The first-order valence-corrected chi connectivity index (χ1v) is 7.72. The van der Waals surface area contributed by atoms with Gasteiger partial charge in [-0.2, -0.15) is 0 Å². The SMILES string of the molecule is CCC(NC)c1ccc(N2CCN(C)C(=O)C2(C)C)cc1. The Kier molecular flexibility index (Phi) is 4.57. The zero-order chi connectivity index (χ0) is 15.6. The zero-order valence-corrected chi connectivity index (χ0v) is 13.8. The first-order chi connectivity index (χ1) is 9.91. The number of carbonyl (C=O) groups is 1. The quantitative estimate of drug-likeness (QED) is 0.924. The molecule has 0 saturated carbocycles. The molecule has 2 rings (SSSR count). The lowest BCUT2D eigenvalue weighted by Crippen LogP contribution is -2.62. The van der Waals surface area contributed by atoms with Crippen molar-refractivity contribution >= 4 is 11.6 Å². The fraction of sp³-hybridized carbons (Fsp3) is 0.588. The summed E-state index contributed by atoms with van der Waals surface area (Å²) in [7, 11) is 3.87. The predicted octanol–water partition coefficient (Wildman–Crippen LogP) is 2.41. The molecule has 1 aromatic rings. The van der Waals surface area contributed by atoms with Crippen molar-refractivity contribution in [2.24, 2.45) is 0 Å². The topological polar surface area (TPSA) is 35.6 Å². The van der Waals surface area contributed by atoms with Crippen molar-refractivity contribution in [3.05, 3.63) is 29.8 Å². The van der Waals surface area contributed by atoms with Crippen LogP contribution in [0.15, 0.2) is 24.3 Å². The third kappa shape index (κ3) is 2.91. The van der Waals surface area contributed by atoms with Gasteiger partial charge < -0.3 is 15.1 Å². The Balaban J connectivity index is 2.24. The summed E-state index contributed by atoms with van der Waals surface area (Å²) in [5.41, 5.74) is 1.93. The van der Waals surface area contributed by atoms with Crippen molar-refractivity contribution in [3.63, 3.8) is 0 Å². The second kappa shape index (κ2) is 6.06. The summed E-state index contributed by atoms with van der Waals surface area (Å²) in [4.78, 5) is 16.4. The number of likely N-dealkylation sites (N-methyl/N-ethyl adjacent to an activating group) is 1. The van der Waals surface area contributed by atoms with Crippen LogP contribution in [0, 0.1) is 0 Å². The van der Waals surface area contributed by atoms with Crippen LogP contribution < -0.4 is 10.2 Å². The smallest absolute Gasteiger partial charge is 0.247 e. The number of benzene rings is 1. The van der Waals surface area contributed by atoms with Crippen LogP contribution in [0.5, 0.6) is 0 Å². The maximum Gasteiger partial charge on any atom is 0.247 e. The van der Waals surface area contributed by atoms with E-state index in [0.717, 1.165) is 25.2 Å². The third-order valence-corrected chi connectivity index (χ3v) is 4.57. The van der Waals surface area contributed by atoms with Crippen LogP contribution in [0.4, 0.5) is 5.69 Å². The van der Waals surface area contributed by atoms with Gasteiger partial charge in [-0.25, -0.2) is 0 Å². The maximum atomic E-state index is 12.4. The molecule has 21 heavy (non-hydrogen) atoms. The number of hydrogen-bond acceptors (Lipinski definition) is 3. The Morgan fingerprint density at radius 2 is 1.86 bits per heavy atom. The van der Waals surface area contributed by atoms with E-state index in [1.165, 1.54) is 5.56 Å². The Hall–Kier alpha value is -1.55. The zero-order valence-electron chi connectivity index (χ0n) is 13.8. The van der Waals surface area contributed by atoms with Gasteiger partial charge in [-0.15, -0.1) is 0 Å². The minimum atomic E-state index is -0.484. The van der Waals surface area contributed by atoms with Crippen LogP contribution in [0.1, 0.15) is 38.8 Å². The molecule has 1 N–H and O–H groups in total. The molecule has 116 valence electrons. The van der Waals surface area contributed by atoms with Gasteiger partial charge in [0.15, 0.2) is 0 Å². The highest BCUT2D eigenvalue weighted by atomic mass is 16.2. The molecular weight excluding hydrogens is 262 g/mol. The first kappa shape index (κ1) is 15.8. The molecule has 0 spiro atoms. The number of hydrogen-bond donors (Lipinski definition) is 1. The molecule has 0 bridgehead atoms. The van der Waals surface area contributed by atoms with E-state index in [2.05, 4.69) is 41.4 Å². The first-order valence-electron chi connectivity index (χ1n) is 7.72. The maximum absolute atomic E-state index is 12.4. The van der Waals surface area contributed by atoms with Crippen LogP contribution >= 0.6 is 0 Å². The van der Waals surface area contributed by atoms with Crippen LogP contribution in [-0.4, -0.2) is 43.5 Å². The lowest BCUT2D eigenvalue weighted by atomic mass is 9.96. The monoisotopic (exact) mass is 289 g/mol. The molecule has 4 nitrogen and oxygen atoms in total. The number of rotatable bonds is 4. The van der Waals surface area contributed by atoms with Crippen LogP contribution in [0.3, 0.4) is 0 Å². The van der Waals surface area contributed by atoms with Crippen molar-refractivity contribution in [1.82, 2.24) is 10.2 Å². The van der Waals surface area contributed by atoms with Crippen LogP contribution in [0.25, 0.3) is 0 Å². The van der Waals surface area contributed by atoms with Crippen molar-refractivity contribution in [2.75, 3.05) is 32.1 Å². The van der Waals surface area contributed by atoms with Gasteiger partial charge in [-0.3, -0.25) is 4.79 Å². The van der Waals surface area contributed by atoms with Gasteiger partial charge in [0.05, 0.1) is 0 Å². The summed E-state index contributed by atoms with van der Waals surface area (Å²) < 4.78 is 0. The van der Waals surface area contributed by atoms with Gasteiger partial charge in [-0.05, 0) is 45.0 Å². The number of nitrogens with zero attached hydrogens (tertiary/aromatic N) is 2.